The first-order chi connectivity index (χ1) is 13.2. The monoisotopic (exact) mass is 379 g/mol. The highest BCUT2D eigenvalue weighted by molar-refractivity contribution is 7.22. The number of aryl methyl sites for hydroxylation is 1. The van der Waals surface area contributed by atoms with E-state index in [4.69, 9.17) is 4.98 Å². The number of carbonyl (C=O) groups is 1. The fourth-order valence-corrected chi connectivity index (χ4v) is 4.57. The molecule has 27 heavy (non-hydrogen) atoms. The molecule has 0 spiro atoms. The maximum atomic E-state index is 12.3. The third kappa shape index (κ3) is 4.14. The van der Waals surface area contributed by atoms with E-state index in [2.05, 4.69) is 35.3 Å². The summed E-state index contributed by atoms with van der Waals surface area (Å²) in [7, 11) is 0. The molecule has 4 rings (SSSR count). The Morgan fingerprint density at radius 2 is 1.89 bits per heavy atom. The Labute approximate surface area is 164 Å². The second-order valence-electron chi connectivity index (χ2n) is 7.16. The maximum absolute atomic E-state index is 12.3. The number of para-hydroxylation sites is 1. The summed E-state index contributed by atoms with van der Waals surface area (Å²) in [5, 5.41) is 4.23. The maximum Gasteiger partial charge on any atom is 0.251 e. The van der Waals surface area contributed by atoms with E-state index in [1.165, 1.54) is 10.3 Å². The van der Waals surface area contributed by atoms with E-state index in [1.807, 2.05) is 30.3 Å². The van der Waals surface area contributed by atoms with Crippen molar-refractivity contribution in [3.8, 4) is 0 Å². The fraction of sp³-hybridized carbons (Fsp3) is 0.364. The van der Waals surface area contributed by atoms with Crippen molar-refractivity contribution in [1.82, 2.24) is 10.3 Å². The lowest BCUT2D eigenvalue weighted by atomic mass is 9.97. The number of fused-ring (bicyclic) bond motifs is 1. The van der Waals surface area contributed by atoms with E-state index in [1.54, 1.807) is 11.3 Å². The molecular formula is C22H25N3OS. The molecule has 140 valence electrons. The van der Waals surface area contributed by atoms with E-state index in [0.717, 1.165) is 55.1 Å². The lowest BCUT2D eigenvalue weighted by Gasteiger charge is -2.31. The Hall–Kier alpha value is -2.40. The number of carbonyl (C=O) groups excluding carboxylic acids is 1. The number of thiazole rings is 1. The van der Waals surface area contributed by atoms with Crippen LogP contribution < -0.4 is 10.2 Å². The van der Waals surface area contributed by atoms with Gasteiger partial charge in [-0.25, -0.2) is 4.98 Å². The molecule has 2 heterocycles. The minimum atomic E-state index is 0.0336. The lowest BCUT2D eigenvalue weighted by molar-refractivity contribution is 0.0945. The van der Waals surface area contributed by atoms with Crippen LogP contribution in [0, 0.1) is 5.92 Å². The van der Waals surface area contributed by atoms with Crippen molar-refractivity contribution in [2.45, 2.75) is 26.2 Å². The van der Waals surface area contributed by atoms with Crippen LogP contribution in [-0.2, 0) is 6.42 Å². The van der Waals surface area contributed by atoms with Gasteiger partial charge in [0, 0.05) is 25.2 Å². The van der Waals surface area contributed by atoms with Crippen LogP contribution in [0.15, 0.2) is 48.5 Å². The van der Waals surface area contributed by atoms with Crippen LogP contribution in [0.3, 0.4) is 0 Å². The first kappa shape index (κ1) is 18.0. The zero-order valence-electron chi connectivity index (χ0n) is 15.6. The molecule has 0 bridgehead atoms. The molecule has 1 fully saturated rings. The van der Waals surface area contributed by atoms with Gasteiger partial charge in [0.1, 0.15) is 0 Å². The molecule has 0 radical (unpaired) electrons. The SMILES string of the molecule is CCc1ccc(C(=O)NCC2CCN(c3nc4ccccc4s3)CC2)cc1. The third-order valence-electron chi connectivity index (χ3n) is 5.34. The number of piperidine rings is 1. The van der Waals surface area contributed by atoms with Gasteiger partial charge < -0.3 is 10.2 Å². The summed E-state index contributed by atoms with van der Waals surface area (Å²) in [5.74, 6) is 0.570. The topological polar surface area (TPSA) is 45.2 Å². The van der Waals surface area contributed by atoms with Crippen molar-refractivity contribution in [1.29, 1.82) is 0 Å². The van der Waals surface area contributed by atoms with Gasteiger partial charge in [-0.05, 0) is 55.0 Å². The van der Waals surface area contributed by atoms with Gasteiger partial charge in [-0.3, -0.25) is 4.79 Å². The average Bonchev–Trinajstić information content (AvgIpc) is 3.17. The number of hydrogen-bond donors (Lipinski definition) is 1. The molecule has 0 atom stereocenters. The minimum absolute atomic E-state index is 0.0336. The van der Waals surface area contributed by atoms with Gasteiger partial charge in [-0.2, -0.15) is 0 Å². The summed E-state index contributed by atoms with van der Waals surface area (Å²) in [6, 6.07) is 16.2. The highest BCUT2D eigenvalue weighted by Crippen LogP contribution is 2.31. The number of benzene rings is 2. The van der Waals surface area contributed by atoms with Gasteiger partial charge in [0.25, 0.3) is 5.91 Å². The summed E-state index contributed by atoms with van der Waals surface area (Å²) in [4.78, 5) is 19.5. The van der Waals surface area contributed by atoms with Crippen molar-refractivity contribution in [2.75, 3.05) is 24.5 Å². The highest BCUT2D eigenvalue weighted by atomic mass is 32.1. The normalized spacial score (nSPS) is 15.2. The van der Waals surface area contributed by atoms with Crippen molar-refractivity contribution >= 4 is 32.6 Å². The molecule has 1 aliphatic heterocycles. The lowest BCUT2D eigenvalue weighted by Crippen LogP contribution is -2.38. The molecule has 2 aromatic carbocycles. The predicted molar refractivity (Wildman–Crippen MR) is 113 cm³/mol. The van der Waals surface area contributed by atoms with Crippen LogP contribution in [0.1, 0.15) is 35.7 Å². The predicted octanol–water partition coefficient (Wildman–Crippen LogP) is 4.51. The number of nitrogens with zero attached hydrogens (tertiary/aromatic N) is 2. The molecule has 1 aromatic heterocycles. The van der Waals surface area contributed by atoms with Crippen molar-refractivity contribution < 1.29 is 4.79 Å². The molecule has 4 nitrogen and oxygen atoms in total. The van der Waals surface area contributed by atoms with Crippen LogP contribution in [0.5, 0.6) is 0 Å². The quantitative estimate of drug-likeness (QED) is 0.710. The number of aromatic nitrogens is 1. The number of hydrogen-bond acceptors (Lipinski definition) is 4. The molecule has 5 heteroatoms. The Kier molecular flexibility index (Phi) is 5.39. The van der Waals surface area contributed by atoms with Gasteiger partial charge in [0.05, 0.1) is 10.2 Å². The molecule has 0 unspecified atom stereocenters. The van der Waals surface area contributed by atoms with Crippen molar-refractivity contribution in [2.24, 2.45) is 5.92 Å². The Bertz CT molecular complexity index is 878. The zero-order chi connectivity index (χ0) is 18.6. The van der Waals surface area contributed by atoms with Crippen LogP contribution >= 0.6 is 11.3 Å². The van der Waals surface area contributed by atoms with Gasteiger partial charge in [0.2, 0.25) is 0 Å². The van der Waals surface area contributed by atoms with Crippen LogP contribution in [0.25, 0.3) is 10.2 Å². The Morgan fingerprint density at radius 3 is 2.59 bits per heavy atom. The summed E-state index contributed by atoms with van der Waals surface area (Å²) in [6.07, 6.45) is 3.17. The minimum Gasteiger partial charge on any atom is -0.352 e. The Balaban J connectivity index is 1.28. The third-order valence-corrected chi connectivity index (χ3v) is 6.44. The second-order valence-corrected chi connectivity index (χ2v) is 8.16. The first-order valence-corrected chi connectivity index (χ1v) is 10.5. The van der Waals surface area contributed by atoms with Crippen molar-refractivity contribution in [3.63, 3.8) is 0 Å². The van der Waals surface area contributed by atoms with Crippen LogP contribution in [-0.4, -0.2) is 30.5 Å². The molecule has 1 saturated heterocycles. The van der Waals surface area contributed by atoms with Gasteiger partial charge >= 0.3 is 0 Å². The van der Waals surface area contributed by atoms with Crippen molar-refractivity contribution in [3.05, 3.63) is 59.7 Å². The average molecular weight is 380 g/mol. The second kappa shape index (κ2) is 8.09. The standard InChI is InChI=1S/C22H25N3OS/c1-2-16-7-9-18(10-8-16)21(26)23-15-17-11-13-25(14-12-17)22-24-19-5-3-4-6-20(19)27-22/h3-10,17H,2,11-15H2,1H3,(H,23,26). The largest absolute Gasteiger partial charge is 0.352 e. The van der Waals surface area contributed by atoms with Gasteiger partial charge in [0.15, 0.2) is 5.13 Å². The molecular weight excluding hydrogens is 354 g/mol. The Morgan fingerprint density at radius 1 is 1.15 bits per heavy atom. The van der Waals surface area contributed by atoms with Crippen LogP contribution in [0.4, 0.5) is 5.13 Å². The van der Waals surface area contributed by atoms with Gasteiger partial charge in [-0.15, -0.1) is 0 Å². The fourth-order valence-electron chi connectivity index (χ4n) is 3.55. The highest BCUT2D eigenvalue weighted by Gasteiger charge is 2.22. The molecule has 1 amide bonds. The van der Waals surface area contributed by atoms with E-state index in [0.29, 0.717) is 5.92 Å². The molecule has 1 N–H and O–H groups in total. The van der Waals surface area contributed by atoms with Gasteiger partial charge in [-0.1, -0.05) is 42.5 Å². The molecule has 1 aliphatic rings. The zero-order valence-corrected chi connectivity index (χ0v) is 16.5. The number of amides is 1. The first-order valence-electron chi connectivity index (χ1n) is 9.70. The molecule has 0 saturated carbocycles. The summed E-state index contributed by atoms with van der Waals surface area (Å²) < 4.78 is 1.25. The number of rotatable bonds is 5. The molecule has 0 aliphatic carbocycles. The van der Waals surface area contributed by atoms with E-state index in [-0.39, 0.29) is 5.91 Å². The number of anilines is 1. The van der Waals surface area contributed by atoms with E-state index >= 15 is 0 Å². The van der Waals surface area contributed by atoms with E-state index < -0.39 is 0 Å². The summed E-state index contributed by atoms with van der Waals surface area (Å²) in [6.45, 7) is 4.88. The van der Waals surface area contributed by atoms with E-state index in [9.17, 15) is 4.79 Å². The summed E-state index contributed by atoms with van der Waals surface area (Å²) >= 11 is 1.77. The smallest absolute Gasteiger partial charge is 0.251 e. The summed E-state index contributed by atoms with van der Waals surface area (Å²) in [5.41, 5.74) is 3.09. The van der Waals surface area contributed by atoms with Crippen LogP contribution in [0.2, 0.25) is 0 Å². The molecule has 3 aromatic rings. The number of nitrogens with one attached hydrogen (secondary N) is 1.